The van der Waals surface area contributed by atoms with Gasteiger partial charge in [-0.1, -0.05) is 269 Å². The van der Waals surface area contributed by atoms with Gasteiger partial charge >= 0.3 is 5.97 Å². The van der Waals surface area contributed by atoms with Crippen molar-refractivity contribution < 1.29 is 9.90 Å². The van der Waals surface area contributed by atoms with Crippen LogP contribution in [0, 0.1) is 0 Å². The predicted molar refractivity (Wildman–Crippen MR) is 310 cm³/mol. The van der Waals surface area contributed by atoms with Gasteiger partial charge in [0.2, 0.25) is 0 Å². The number of hydrogen-bond donors (Lipinski definition) is 1. The summed E-state index contributed by atoms with van der Waals surface area (Å²) in [4.78, 5) is 15.3. The van der Waals surface area contributed by atoms with Crippen LogP contribution in [0.1, 0.15) is 221 Å². The second kappa shape index (κ2) is 18.4. The zero-order valence-electron chi connectivity index (χ0n) is 48.7. The lowest BCUT2D eigenvalue weighted by molar-refractivity contribution is 0.0698. The van der Waals surface area contributed by atoms with Crippen LogP contribution in [0.15, 0.2) is 103 Å². The highest BCUT2D eigenvalue weighted by atomic mass is 16.4. The molecule has 0 aliphatic carbocycles. The molecule has 2 heteroatoms. The normalized spacial score (nSPS) is 13.5. The molecule has 0 heterocycles. The van der Waals surface area contributed by atoms with Crippen molar-refractivity contribution in [3.05, 3.63) is 153 Å². The number of carboxylic acids is 1. The van der Waals surface area contributed by atoms with Gasteiger partial charge in [0, 0.05) is 11.1 Å². The van der Waals surface area contributed by atoms with Crippen LogP contribution in [0.25, 0.3) is 55.6 Å². The van der Waals surface area contributed by atoms with Crippen LogP contribution in [0.4, 0.5) is 0 Å². The summed E-state index contributed by atoms with van der Waals surface area (Å²) in [5, 5.41) is 12.5. The second-order valence-corrected chi connectivity index (χ2v) is 29.0. The molecular formula is C69H90O2. The van der Waals surface area contributed by atoms with Crippen molar-refractivity contribution in [1.29, 1.82) is 0 Å². The van der Waals surface area contributed by atoms with Gasteiger partial charge in [0.25, 0.3) is 0 Å². The zero-order chi connectivity index (χ0) is 53.6. The van der Waals surface area contributed by atoms with Gasteiger partial charge < -0.3 is 5.11 Å². The largest absolute Gasteiger partial charge is 0.478 e. The summed E-state index contributed by atoms with van der Waals surface area (Å²) in [6.07, 6.45) is 0. The Morgan fingerprint density at radius 3 is 0.775 bits per heavy atom. The summed E-state index contributed by atoms with van der Waals surface area (Å²) in [5.41, 5.74) is 17.8. The van der Waals surface area contributed by atoms with Crippen LogP contribution in [-0.4, -0.2) is 11.1 Å². The van der Waals surface area contributed by atoms with E-state index in [2.05, 4.69) is 263 Å². The van der Waals surface area contributed by atoms with E-state index in [0.717, 1.165) is 61.2 Å². The number of benzene rings is 6. The van der Waals surface area contributed by atoms with Crippen molar-refractivity contribution in [3.63, 3.8) is 0 Å². The van der Waals surface area contributed by atoms with Gasteiger partial charge in [0.05, 0.1) is 5.56 Å². The van der Waals surface area contributed by atoms with Crippen LogP contribution in [-0.2, 0) is 43.3 Å². The molecule has 0 fully saturated rings. The average Bonchev–Trinajstić information content (AvgIpc) is 3.22. The first-order valence-corrected chi connectivity index (χ1v) is 26.3. The molecule has 0 aliphatic rings. The molecule has 0 spiro atoms. The molecule has 378 valence electrons. The van der Waals surface area contributed by atoms with E-state index in [1.807, 2.05) is 6.07 Å². The Labute approximate surface area is 432 Å². The molecule has 0 saturated carbocycles. The van der Waals surface area contributed by atoms with E-state index in [1.165, 1.54) is 38.9 Å². The molecule has 2 nitrogen and oxygen atoms in total. The van der Waals surface area contributed by atoms with Crippen molar-refractivity contribution in [2.24, 2.45) is 0 Å². The van der Waals surface area contributed by atoms with Crippen LogP contribution in [0.3, 0.4) is 0 Å². The fourth-order valence-corrected chi connectivity index (χ4v) is 10.3. The minimum Gasteiger partial charge on any atom is -0.478 e. The SMILES string of the molecule is CC(C)(C)c1ccc(-c2c(C(=O)O)c(-c3ccccc3)c(-c3ccc(C(C)(C)C)cc3C(C)(C)C)c(-c3ccc(C(C)(C)C)cc3C(C)(C)C)c2-c2ccc(C(C)(C)C)cc2C(C)(C)C)c(C(C)(C)C)c1. The second-order valence-electron chi connectivity index (χ2n) is 29.0. The number of hydrogen-bond acceptors (Lipinski definition) is 1. The average molecular weight is 951 g/mol. The zero-order valence-corrected chi connectivity index (χ0v) is 48.7. The standard InChI is InChI=1S/C69H90O2/c1-62(2,3)43-30-34-47(51(38-43)66(13,14)15)56-55(42-28-26-25-27-29-42)60(61(70)71)59(50-37-33-46(65(10,11)12)41-54(50)69(22,23)24)58(49-36-32-45(64(7,8)9)40-53(49)68(19,20)21)57(56)48-35-31-44(63(4,5)6)39-52(48)67(16,17)18/h25-41H,1-24H3,(H,70,71). The van der Waals surface area contributed by atoms with Crippen LogP contribution >= 0.6 is 0 Å². The monoisotopic (exact) mass is 951 g/mol. The van der Waals surface area contributed by atoms with E-state index in [1.54, 1.807) is 0 Å². The molecular weight excluding hydrogens is 861 g/mol. The van der Waals surface area contributed by atoms with Crippen LogP contribution in [0.5, 0.6) is 0 Å². The lowest BCUT2D eigenvalue weighted by Gasteiger charge is -2.36. The third-order valence-electron chi connectivity index (χ3n) is 14.6. The third-order valence-corrected chi connectivity index (χ3v) is 14.6. The van der Waals surface area contributed by atoms with Gasteiger partial charge in [-0.3, -0.25) is 0 Å². The number of carbonyl (C=O) groups is 1. The van der Waals surface area contributed by atoms with E-state index in [9.17, 15) is 5.11 Å². The molecule has 6 rings (SSSR count). The van der Waals surface area contributed by atoms with E-state index >= 15 is 4.79 Å². The number of rotatable bonds is 6. The van der Waals surface area contributed by atoms with Crippen molar-refractivity contribution in [2.45, 2.75) is 209 Å². The molecule has 0 atom stereocenters. The summed E-state index contributed by atoms with van der Waals surface area (Å²) < 4.78 is 0. The summed E-state index contributed by atoms with van der Waals surface area (Å²) in [5.74, 6) is -0.945. The minimum absolute atomic E-state index is 0.113. The molecule has 0 aliphatic heterocycles. The van der Waals surface area contributed by atoms with Gasteiger partial charge in [-0.15, -0.1) is 0 Å². The molecule has 0 amide bonds. The first kappa shape index (κ1) is 55.1. The Balaban J connectivity index is 2.20. The van der Waals surface area contributed by atoms with Gasteiger partial charge in [0.15, 0.2) is 0 Å². The summed E-state index contributed by atoms with van der Waals surface area (Å²) in [6.45, 7) is 55.1. The van der Waals surface area contributed by atoms with Crippen LogP contribution in [0.2, 0.25) is 0 Å². The first-order chi connectivity index (χ1) is 32.1. The van der Waals surface area contributed by atoms with Crippen molar-refractivity contribution in [2.75, 3.05) is 0 Å². The van der Waals surface area contributed by atoms with Crippen LogP contribution < -0.4 is 0 Å². The Bertz CT molecular complexity index is 2970. The van der Waals surface area contributed by atoms with E-state index in [4.69, 9.17) is 0 Å². The maximum absolute atomic E-state index is 15.3. The fraction of sp³-hybridized carbons (Fsp3) is 0.464. The quantitative estimate of drug-likeness (QED) is 0.181. The Kier molecular flexibility index (Phi) is 14.3. The van der Waals surface area contributed by atoms with Gasteiger partial charge in [-0.25, -0.2) is 4.79 Å². The molecule has 71 heavy (non-hydrogen) atoms. The molecule has 0 aromatic heterocycles. The lowest BCUT2D eigenvalue weighted by atomic mass is 9.67. The minimum atomic E-state index is -0.945. The number of aromatic carboxylic acids is 1. The Hall–Kier alpha value is -5.21. The van der Waals surface area contributed by atoms with Gasteiger partial charge in [-0.2, -0.15) is 0 Å². The Morgan fingerprint density at radius 1 is 0.296 bits per heavy atom. The molecule has 0 unspecified atom stereocenters. The highest BCUT2D eigenvalue weighted by molar-refractivity contribution is 6.18. The fourth-order valence-electron chi connectivity index (χ4n) is 10.3. The third kappa shape index (κ3) is 11.2. The highest BCUT2D eigenvalue weighted by Crippen LogP contribution is 2.58. The summed E-state index contributed by atoms with van der Waals surface area (Å²) in [7, 11) is 0. The molecule has 6 aromatic rings. The van der Waals surface area contributed by atoms with Gasteiger partial charge in [0.1, 0.15) is 0 Å². The number of carboxylic acid groups (broad SMARTS) is 1. The molecule has 6 aromatic carbocycles. The lowest BCUT2D eigenvalue weighted by Crippen LogP contribution is -2.21. The maximum Gasteiger partial charge on any atom is 0.337 e. The predicted octanol–water partition coefficient (Wildman–Crippen LogP) is 20.1. The first-order valence-electron chi connectivity index (χ1n) is 26.3. The van der Waals surface area contributed by atoms with Gasteiger partial charge in [-0.05, 0) is 132 Å². The molecule has 0 radical (unpaired) electrons. The van der Waals surface area contributed by atoms with Crippen molar-refractivity contribution in [1.82, 2.24) is 0 Å². The van der Waals surface area contributed by atoms with E-state index in [0.29, 0.717) is 5.56 Å². The van der Waals surface area contributed by atoms with Crippen molar-refractivity contribution >= 4 is 5.97 Å². The topological polar surface area (TPSA) is 37.3 Å². The van der Waals surface area contributed by atoms with Crippen molar-refractivity contribution in [3.8, 4) is 55.6 Å². The molecule has 1 N–H and O–H groups in total. The maximum atomic E-state index is 15.3. The Morgan fingerprint density at radius 2 is 0.535 bits per heavy atom. The summed E-state index contributed by atoms with van der Waals surface area (Å²) in [6, 6.07) is 38.6. The van der Waals surface area contributed by atoms with E-state index < -0.39 is 5.97 Å². The summed E-state index contributed by atoms with van der Waals surface area (Å²) >= 11 is 0. The smallest absolute Gasteiger partial charge is 0.337 e. The molecule has 0 saturated heterocycles. The molecule has 0 bridgehead atoms. The van der Waals surface area contributed by atoms with E-state index in [-0.39, 0.29) is 43.3 Å². The highest BCUT2D eigenvalue weighted by Gasteiger charge is 2.39.